The molecule has 17 heavy (non-hydrogen) atoms. The van der Waals surface area contributed by atoms with Gasteiger partial charge in [-0.25, -0.2) is 4.98 Å². The van der Waals surface area contributed by atoms with Crippen molar-refractivity contribution < 1.29 is 10.3 Å². The van der Waals surface area contributed by atoms with Crippen LogP contribution in [-0.2, 0) is 0 Å². The lowest BCUT2D eigenvalue weighted by molar-refractivity contribution is 0.250. The normalized spacial score (nSPS) is 13.7. The molecule has 1 aromatic rings. The minimum Gasteiger partial charge on any atom is -0.409 e. The van der Waals surface area contributed by atoms with Crippen molar-refractivity contribution >= 4 is 17.6 Å². The second-order valence-electron chi connectivity index (χ2n) is 3.89. The number of aryl methyl sites for hydroxylation is 1. The molecule has 5 nitrogen and oxygen atoms in total. The average Bonchev–Trinajstić information content (AvgIpc) is 2.35. The molecular formula is C11H17N3O2S. The van der Waals surface area contributed by atoms with E-state index in [1.807, 2.05) is 19.9 Å². The minimum atomic E-state index is 0.0646. The summed E-state index contributed by atoms with van der Waals surface area (Å²) in [4.78, 5) is 4.22. The molecular weight excluding hydrogens is 238 g/mol. The van der Waals surface area contributed by atoms with Gasteiger partial charge in [-0.1, -0.05) is 12.1 Å². The van der Waals surface area contributed by atoms with E-state index in [4.69, 9.17) is 16.0 Å². The van der Waals surface area contributed by atoms with Crippen molar-refractivity contribution in [2.24, 2.45) is 16.8 Å². The van der Waals surface area contributed by atoms with Crippen LogP contribution in [0.3, 0.4) is 0 Å². The zero-order chi connectivity index (χ0) is 12.8. The highest BCUT2D eigenvalue weighted by molar-refractivity contribution is 7.99. The molecule has 4 N–H and O–H groups in total. The van der Waals surface area contributed by atoms with Gasteiger partial charge in [0.2, 0.25) is 0 Å². The third-order valence-electron chi connectivity index (χ3n) is 2.30. The first-order valence-electron chi connectivity index (χ1n) is 5.27. The summed E-state index contributed by atoms with van der Waals surface area (Å²) in [5.41, 5.74) is 7.20. The Hall–Kier alpha value is -1.27. The maximum atomic E-state index is 8.97. The van der Waals surface area contributed by atoms with E-state index in [0.29, 0.717) is 5.56 Å². The standard InChI is InChI=1S/C11H17N3O2S/c1-7(5-15)6-17-11-9(10(12)14-16)8(2)3-4-13-11/h3-4,7,15-16H,5-6H2,1-2H3,(H2,12,14). The van der Waals surface area contributed by atoms with Crippen LogP contribution < -0.4 is 5.73 Å². The summed E-state index contributed by atoms with van der Waals surface area (Å²) in [7, 11) is 0. The number of rotatable bonds is 5. The van der Waals surface area contributed by atoms with Gasteiger partial charge in [-0.2, -0.15) is 0 Å². The van der Waals surface area contributed by atoms with Crippen molar-refractivity contribution in [2.45, 2.75) is 18.9 Å². The van der Waals surface area contributed by atoms with Crippen LogP contribution in [0.25, 0.3) is 0 Å². The zero-order valence-electron chi connectivity index (χ0n) is 9.92. The largest absolute Gasteiger partial charge is 0.409 e. The first kappa shape index (κ1) is 13.8. The number of aliphatic hydroxyl groups excluding tert-OH is 1. The summed E-state index contributed by atoms with van der Waals surface area (Å²) in [6.45, 7) is 3.97. The average molecular weight is 255 g/mol. The quantitative estimate of drug-likeness (QED) is 0.242. The molecule has 0 spiro atoms. The van der Waals surface area contributed by atoms with Crippen LogP contribution in [-0.4, -0.2) is 33.5 Å². The Labute approximate surface area is 105 Å². The van der Waals surface area contributed by atoms with Crippen molar-refractivity contribution in [3.63, 3.8) is 0 Å². The molecule has 0 saturated heterocycles. The fraction of sp³-hybridized carbons (Fsp3) is 0.455. The number of hydrogen-bond donors (Lipinski definition) is 3. The number of nitrogens with two attached hydrogens (primary N) is 1. The number of pyridine rings is 1. The molecule has 0 aliphatic carbocycles. The number of thioether (sulfide) groups is 1. The van der Waals surface area contributed by atoms with Crippen LogP contribution in [0.2, 0.25) is 0 Å². The number of hydrogen-bond acceptors (Lipinski definition) is 5. The molecule has 1 atom stereocenters. The smallest absolute Gasteiger partial charge is 0.173 e. The highest BCUT2D eigenvalue weighted by Crippen LogP contribution is 2.24. The summed E-state index contributed by atoms with van der Waals surface area (Å²) in [5.74, 6) is 0.982. The van der Waals surface area contributed by atoms with E-state index in [-0.39, 0.29) is 18.4 Å². The Balaban J connectivity index is 2.95. The van der Waals surface area contributed by atoms with Crippen LogP contribution in [0, 0.1) is 12.8 Å². The van der Waals surface area contributed by atoms with Gasteiger partial charge >= 0.3 is 0 Å². The Morgan fingerprint density at radius 3 is 2.94 bits per heavy atom. The monoisotopic (exact) mass is 255 g/mol. The Morgan fingerprint density at radius 1 is 1.65 bits per heavy atom. The number of nitrogens with zero attached hydrogens (tertiary/aromatic N) is 2. The lowest BCUT2D eigenvalue weighted by Crippen LogP contribution is -2.17. The minimum absolute atomic E-state index is 0.0646. The predicted molar refractivity (Wildman–Crippen MR) is 68.5 cm³/mol. The van der Waals surface area contributed by atoms with Gasteiger partial charge in [-0.05, 0) is 24.5 Å². The number of amidine groups is 1. The molecule has 6 heteroatoms. The van der Waals surface area contributed by atoms with Gasteiger partial charge in [0, 0.05) is 18.6 Å². The van der Waals surface area contributed by atoms with E-state index in [2.05, 4.69) is 10.1 Å². The third kappa shape index (κ3) is 3.61. The highest BCUT2D eigenvalue weighted by atomic mass is 32.2. The molecule has 1 unspecified atom stereocenters. The van der Waals surface area contributed by atoms with Gasteiger partial charge in [0.05, 0.1) is 5.56 Å². The molecule has 94 valence electrons. The van der Waals surface area contributed by atoms with Crippen molar-refractivity contribution in [2.75, 3.05) is 12.4 Å². The first-order valence-corrected chi connectivity index (χ1v) is 6.25. The molecule has 0 aliphatic heterocycles. The molecule has 0 aliphatic rings. The van der Waals surface area contributed by atoms with E-state index >= 15 is 0 Å². The maximum Gasteiger partial charge on any atom is 0.173 e. The second kappa shape index (κ2) is 6.46. The fourth-order valence-electron chi connectivity index (χ4n) is 1.28. The Bertz CT molecular complexity index is 410. The van der Waals surface area contributed by atoms with Crippen molar-refractivity contribution in [3.05, 3.63) is 23.4 Å². The molecule has 0 amide bonds. The maximum absolute atomic E-state index is 8.97. The highest BCUT2D eigenvalue weighted by Gasteiger charge is 2.13. The molecule has 0 radical (unpaired) electrons. The van der Waals surface area contributed by atoms with Gasteiger partial charge < -0.3 is 16.0 Å². The Kier molecular flexibility index (Phi) is 5.24. The molecule has 1 rings (SSSR count). The third-order valence-corrected chi connectivity index (χ3v) is 3.62. The summed E-state index contributed by atoms with van der Waals surface area (Å²) < 4.78 is 0. The van der Waals surface area contributed by atoms with Crippen molar-refractivity contribution in [3.8, 4) is 0 Å². The van der Waals surface area contributed by atoms with Crippen LogP contribution in [0.15, 0.2) is 22.4 Å². The molecule has 0 bridgehead atoms. The summed E-state index contributed by atoms with van der Waals surface area (Å²) in [6.07, 6.45) is 1.69. The molecule has 0 saturated carbocycles. The van der Waals surface area contributed by atoms with E-state index in [1.165, 1.54) is 11.8 Å². The summed E-state index contributed by atoms with van der Waals surface area (Å²) in [6, 6.07) is 1.81. The second-order valence-corrected chi connectivity index (χ2v) is 4.90. The van der Waals surface area contributed by atoms with Crippen LogP contribution in [0.1, 0.15) is 18.1 Å². The van der Waals surface area contributed by atoms with Crippen LogP contribution >= 0.6 is 11.8 Å². The Morgan fingerprint density at radius 2 is 2.35 bits per heavy atom. The van der Waals surface area contributed by atoms with E-state index in [1.54, 1.807) is 6.20 Å². The molecule has 0 fully saturated rings. The number of oxime groups is 1. The van der Waals surface area contributed by atoms with E-state index < -0.39 is 0 Å². The lowest BCUT2D eigenvalue weighted by atomic mass is 10.1. The molecule has 1 heterocycles. The lowest BCUT2D eigenvalue weighted by Gasteiger charge is -2.11. The van der Waals surface area contributed by atoms with Crippen molar-refractivity contribution in [1.82, 2.24) is 4.98 Å². The molecule has 1 aromatic heterocycles. The number of aromatic nitrogens is 1. The van der Waals surface area contributed by atoms with Gasteiger partial charge in [-0.3, -0.25) is 0 Å². The fourth-order valence-corrected chi connectivity index (χ4v) is 2.37. The van der Waals surface area contributed by atoms with Crippen LogP contribution in [0.5, 0.6) is 0 Å². The number of aliphatic hydroxyl groups is 1. The van der Waals surface area contributed by atoms with E-state index in [9.17, 15) is 0 Å². The topological polar surface area (TPSA) is 91.7 Å². The van der Waals surface area contributed by atoms with Gasteiger partial charge in [0.15, 0.2) is 5.84 Å². The first-order chi connectivity index (χ1) is 8.10. The van der Waals surface area contributed by atoms with Gasteiger partial charge in [-0.15, -0.1) is 11.8 Å². The predicted octanol–water partition coefficient (Wildman–Crippen LogP) is 1.21. The SMILES string of the molecule is Cc1ccnc(SCC(C)CO)c1/C(N)=N/O. The summed E-state index contributed by atoms with van der Waals surface area (Å²) in [5, 5.41) is 21.5. The van der Waals surface area contributed by atoms with Crippen LogP contribution in [0.4, 0.5) is 0 Å². The van der Waals surface area contributed by atoms with E-state index in [0.717, 1.165) is 16.3 Å². The van der Waals surface area contributed by atoms with Gasteiger partial charge in [0.1, 0.15) is 5.03 Å². The zero-order valence-corrected chi connectivity index (χ0v) is 10.7. The van der Waals surface area contributed by atoms with Gasteiger partial charge in [0.25, 0.3) is 0 Å². The summed E-state index contributed by atoms with van der Waals surface area (Å²) >= 11 is 1.49. The molecule has 0 aromatic carbocycles. The van der Waals surface area contributed by atoms with Crippen molar-refractivity contribution in [1.29, 1.82) is 0 Å².